The van der Waals surface area contributed by atoms with Gasteiger partial charge in [0.1, 0.15) is 5.82 Å². The van der Waals surface area contributed by atoms with Gasteiger partial charge in [-0.2, -0.15) is 4.98 Å². The van der Waals surface area contributed by atoms with Crippen molar-refractivity contribution in [2.75, 3.05) is 30.3 Å². The van der Waals surface area contributed by atoms with E-state index in [0.717, 1.165) is 24.3 Å². The summed E-state index contributed by atoms with van der Waals surface area (Å²) in [5, 5.41) is 6.78. The van der Waals surface area contributed by atoms with Crippen molar-refractivity contribution in [2.24, 2.45) is 0 Å². The van der Waals surface area contributed by atoms with E-state index < -0.39 is 0 Å². The second kappa shape index (κ2) is 8.70. The lowest BCUT2D eigenvalue weighted by Crippen LogP contribution is -2.42. The number of nitrogens with one attached hydrogen (secondary N) is 2. The van der Waals surface area contributed by atoms with Gasteiger partial charge in [0.15, 0.2) is 0 Å². The van der Waals surface area contributed by atoms with E-state index >= 15 is 0 Å². The molecule has 0 unspecified atom stereocenters. The molecule has 3 rings (SSSR count). The second-order valence-corrected chi connectivity index (χ2v) is 6.76. The van der Waals surface area contributed by atoms with Gasteiger partial charge in [0.05, 0.1) is 6.61 Å². The maximum Gasteiger partial charge on any atom is 0.409 e. The first-order valence-electron chi connectivity index (χ1n) is 9.41. The second-order valence-electron chi connectivity index (χ2n) is 6.76. The molecule has 0 radical (unpaired) electrons. The first-order valence-corrected chi connectivity index (χ1v) is 9.41. The molecular weight excluding hydrogens is 342 g/mol. The number of hydrogen-bond acceptors (Lipinski definition) is 6. The molecular formula is C20H27N5O2. The molecule has 0 aliphatic carbocycles. The van der Waals surface area contributed by atoms with E-state index in [-0.39, 0.29) is 12.1 Å². The van der Waals surface area contributed by atoms with Crippen LogP contribution in [0.4, 0.5) is 22.2 Å². The molecule has 1 aliphatic heterocycles. The fraction of sp³-hybridized carbons (Fsp3) is 0.450. The number of amides is 1. The molecule has 7 heteroatoms. The van der Waals surface area contributed by atoms with Gasteiger partial charge in [-0.05, 0) is 50.8 Å². The van der Waals surface area contributed by atoms with Gasteiger partial charge in [-0.1, -0.05) is 18.2 Å². The van der Waals surface area contributed by atoms with Gasteiger partial charge in [-0.25, -0.2) is 9.78 Å². The minimum absolute atomic E-state index is 0.230. The van der Waals surface area contributed by atoms with Crippen LogP contribution in [0.2, 0.25) is 0 Å². The molecule has 1 saturated heterocycles. The highest BCUT2D eigenvalue weighted by atomic mass is 16.6. The van der Waals surface area contributed by atoms with Crippen molar-refractivity contribution in [1.82, 2.24) is 14.9 Å². The molecule has 2 N–H and O–H groups in total. The Kier molecular flexibility index (Phi) is 6.11. The number of carbonyl (C=O) groups is 1. The molecule has 0 spiro atoms. The lowest BCUT2D eigenvalue weighted by atomic mass is 10.1. The van der Waals surface area contributed by atoms with Crippen molar-refractivity contribution in [1.29, 1.82) is 0 Å². The number of piperidine rings is 1. The van der Waals surface area contributed by atoms with Crippen LogP contribution in [0.25, 0.3) is 0 Å². The maximum atomic E-state index is 11.8. The molecule has 7 nitrogen and oxygen atoms in total. The van der Waals surface area contributed by atoms with Gasteiger partial charge in [-0.15, -0.1) is 0 Å². The molecule has 144 valence electrons. The summed E-state index contributed by atoms with van der Waals surface area (Å²) in [7, 11) is 0. The van der Waals surface area contributed by atoms with Crippen LogP contribution in [0, 0.1) is 13.8 Å². The lowest BCUT2D eigenvalue weighted by Gasteiger charge is -2.31. The minimum atomic E-state index is -0.230. The number of likely N-dealkylation sites (tertiary alicyclic amines) is 1. The van der Waals surface area contributed by atoms with Gasteiger partial charge in [0.2, 0.25) is 5.95 Å². The molecule has 1 fully saturated rings. The Morgan fingerprint density at radius 1 is 1.22 bits per heavy atom. The Morgan fingerprint density at radius 3 is 2.59 bits per heavy atom. The largest absolute Gasteiger partial charge is 0.450 e. The van der Waals surface area contributed by atoms with Gasteiger partial charge in [0.25, 0.3) is 0 Å². The molecule has 1 aliphatic rings. The van der Waals surface area contributed by atoms with Crippen molar-refractivity contribution >= 4 is 23.5 Å². The quantitative estimate of drug-likeness (QED) is 0.833. The fourth-order valence-corrected chi connectivity index (χ4v) is 3.24. The smallest absolute Gasteiger partial charge is 0.409 e. The average molecular weight is 369 g/mol. The lowest BCUT2D eigenvalue weighted by molar-refractivity contribution is 0.0983. The summed E-state index contributed by atoms with van der Waals surface area (Å²) < 4.78 is 5.06. The summed E-state index contributed by atoms with van der Waals surface area (Å²) in [4.78, 5) is 22.5. The number of ether oxygens (including phenoxy) is 1. The monoisotopic (exact) mass is 369 g/mol. The highest BCUT2D eigenvalue weighted by Crippen LogP contribution is 2.24. The SMILES string of the molecule is CCOC(=O)N1CCC(Nc2nccc(Nc3c(C)cccc3C)n2)CC1. The first kappa shape index (κ1) is 18.9. The van der Waals surface area contributed by atoms with Crippen LogP contribution in [0.15, 0.2) is 30.5 Å². The number of aromatic nitrogens is 2. The predicted molar refractivity (Wildman–Crippen MR) is 106 cm³/mol. The van der Waals surface area contributed by atoms with Gasteiger partial charge in [0, 0.05) is 31.0 Å². The maximum absolute atomic E-state index is 11.8. The zero-order chi connectivity index (χ0) is 19.2. The van der Waals surface area contributed by atoms with Crippen LogP contribution >= 0.6 is 0 Å². The Balaban J connectivity index is 1.59. The molecule has 0 saturated carbocycles. The van der Waals surface area contributed by atoms with Crippen molar-refractivity contribution in [3.8, 4) is 0 Å². The summed E-state index contributed by atoms with van der Waals surface area (Å²) in [6.45, 7) is 7.74. The highest BCUT2D eigenvalue weighted by Gasteiger charge is 2.23. The van der Waals surface area contributed by atoms with E-state index in [0.29, 0.717) is 25.6 Å². The van der Waals surface area contributed by atoms with Crippen LogP contribution < -0.4 is 10.6 Å². The molecule has 2 heterocycles. The van der Waals surface area contributed by atoms with E-state index in [1.807, 2.05) is 19.1 Å². The third-order valence-electron chi connectivity index (χ3n) is 4.74. The molecule has 1 amide bonds. The zero-order valence-corrected chi connectivity index (χ0v) is 16.2. The summed E-state index contributed by atoms with van der Waals surface area (Å²) in [5.74, 6) is 1.36. The Labute approximate surface area is 160 Å². The van der Waals surface area contributed by atoms with Gasteiger partial charge < -0.3 is 20.3 Å². The average Bonchev–Trinajstić information content (AvgIpc) is 2.66. The van der Waals surface area contributed by atoms with Crippen LogP contribution in [0.5, 0.6) is 0 Å². The minimum Gasteiger partial charge on any atom is -0.450 e. The van der Waals surface area contributed by atoms with E-state index in [9.17, 15) is 4.79 Å². The molecule has 0 atom stereocenters. The van der Waals surface area contributed by atoms with Crippen molar-refractivity contribution < 1.29 is 9.53 Å². The number of nitrogens with zero attached hydrogens (tertiary/aromatic N) is 3. The van der Waals surface area contributed by atoms with E-state index in [2.05, 4.69) is 46.6 Å². The topological polar surface area (TPSA) is 79.4 Å². The number of aryl methyl sites for hydroxylation is 2. The number of para-hydroxylation sites is 1. The standard InChI is InChI=1S/C20H27N5O2/c1-4-27-20(26)25-12-9-16(10-13-25)22-19-21-11-8-17(24-19)23-18-14(2)6-5-7-15(18)3/h5-8,11,16H,4,9-10,12-13H2,1-3H3,(H2,21,22,23,24). The summed E-state index contributed by atoms with van der Waals surface area (Å²) >= 11 is 0. The van der Waals surface area contributed by atoms with Crippen LogP contribution in [-0.4, -0.2) is 46.7 Å². The van der Waals surface area contributed by atoms with Crippen LogP contribution in [0.3, 0.4) is 0 Å². The number of rotatable bonds is 5. The summed E-state index contributed by atoms with van der Waals surface area (Å²) in [5.41, 5.74) is 3.42. The van der Waals surface area contributed by atoms with Crippen LogP contribution in [0.1, 0.15) is 30.9 Å². The normalized spacial score (nSPS) is 14.7. The number of anilines is 3. The van der Waals surface area contributed by atoms with Crippen LogP contribution in [-0.2, 0) is 4.74 Å². The molecule has 2 aromatic rings. The highest BCUT2D eigenvalue weighted by molar-refractivity contribution is 5.67. The Bertz CT molecular complexity index is 767. The molecule has 0 bridgehead atoms. The van der Waals surface area contributed by atoms with Crippen molar-refractivity contribution in [3.05, 3.63) is 41.6 Å². The molecule has 1 aromatic heterocycles. The van der Waals surface area contributed by atoms with E-state index in [4.69, 9.17) is 4.74 Å². The molecule has 1 aromatic carbocycles. The van der Waals surface area contributed by atoms with Gasteiger partial charge in [-0.3, -0.25) is 0 Å². The Hall–Kier alpha value is -2.83. The first-order chi connectivity index (χ1) is 13.1. The van der Waals surface area contributed by atoms with Gasteiger partial charge >= 0.3 is 6.09 Å². The fourth-order valence-electron chi connectivity index (χ4n) is 3.24. The van der Waals surface area contributed by atoms with Crippen molar-refractivity contribution in [3.63, 3.8) is 0 Å². The summed E-state index contributed by atoms with van der Waals surface area (Å²) in [6.07, 6.45) is 3.21. The Morgan fingerprint density at radius 2 is 1.93 bits per heavy atom. The third kappa shape index (κ3) is 4.87. The van der Waals surface area contributed by atoms with E-state index in [1.54, 1.807) is 11.1 Å². The predicted octanol–water partition coefficient (Wildman–Crippen LogP) is 3.87. The number of hydrogen-bond donors (Lipinski definition) is 2. The summed E-state index contributed by atoms with van der Waals surface area (Å²) in [6, 6.07) is 8.30. The molecule has 27 heavy (non-hydrogen) atoms. The zero-order valence-electron chi connectivity index (χ0n) is 16.2. The third-order valence-corrected chi connectivity index (χ3v) is 4.74. The van der Waals surface area contributed by atoms with E-state index in [1.165, 1.54) is 11.1 Å². The van der Waals surface area contributed by atoms with Crippen molar-refractivity contribution in [2.45, 2.75) is 39.7 Å². The number of carbonyl (C=O) groups excluding carboxylic acids is 1. The number of benzene rings is 1.